The quantitative estimate of drug-likeness (QED) is 0.415. The number of carbonyl (C=O) groups is 2. The van der Waals surface area contributed by atoms with Crippen molar-refractivity contribution in [3.63, 3.8) is 0 Å². The van der Waals surface area contributed by atoms with Crippen LogP contribution in [0, 0.1) is 0 Å². The van der Waals surface area contributed by atoms with Gasteiger partial charge in [0.2, 0.25) is 15.9 Å². The fourth-order valence-corrected chi connectivity index (χ4v) is 4.08. The molecule has 0 saturated carbocycles. The van der Waals surface area contributed by atoms with Gasteiger partial charge in [-0.15, -0.1) is 0 Å². The van der Waals surface area contributed by atoms with E-state index in [0.29, 0.717) is 30.0 Å². The Bertz CT molecular complexity index is 991. The van der Waals surface area contributed by atoms with Crippen LogP contribution >= 0.6 is 0 Å². The van der Waals surface area contributed by atoms with E-state index < -0.39 is 10.0 Å². The number of benzene rings is 2. The molecule has 0 aromatic heterocycles. The van der Waals surface area contributed by atoms with Crippen molar-refractivity contribution in [3.05, 3.63) is 54.1 Å². The fraction of sp³-hybridized carbons (Fsp3) is 0.364. The van der Waals surface area contributed by atoms with E-state index in [1.165, 1.54) is 31.4 Å². The van der Waals surface area contributed by atoms with Crippen LogP contribution in [0.15, 0.2) is 53.4 Å². The second kappa shape index (κ2) is 12.2. The molecule has 1 atom stereocenters. The lowest BCUT2D eigenvalue weighted by Crippen LogP contribution is -2.35. The van der Waals surface area contributed by atoms with E-state index in [9.17, 15) is 18.0 Å². The van der Waals surface area contributed by atoms with Gasteiger partial charge in [0.1, 0.15) is 5.75 Å². The van der Waals surface area contributed by atoms with Crippen molar-refractivity contribution in [1.82, 2.24) is 10.0 Å². The van der Waals surface area contributed by atoms with Gasteiger partial charge in [-0.2, -0.15) is 0 Å². The van der Waals surface area contributed by atoms with E-state index in [2.05, 4.69) is 15.4 Å². The van der Waals surface area contributed by atoms with Crippen LogP contribution in [0.25, 0.3) is 0 Å². The van der Waals surface area contributed by atoms with E-state index in [-0.39, 0.29) is 35.8 Å². The number of hydrogen-bond donors (Lipinski definition) is 3. The molecule has 0 aliphatic carbocycles. The Morgan fingerprint density at radius 3 is 2.25 bits per heavy atom. The lowest BCUT2D eigenvalue weighted by Gasteiger charge is -2.13. The lowest BCUT2D eigenvalue weighted by molar-refractivity contribution is -0.116. The summed E-state index contributed by atoms with van der Waals surface area (Å²) >= 11 is 0. The first-order valence-electron chi connectivity index (χ1n) is 10.1. The van der Waals surface area contributed by atoms with Crippen LogP contribution in [0.4, 0.5) is 5.69 Å². The van der Waals surface area contributed by atoms with Gasteiger partial charge in [0.25, 0.3) is 5.91 Å². The summed E-state index contributed by atoms with van der Waals surface area (Å²) in [6.45, 7) is 2.31. The molecule has 2 rings (SSSR count). The summed E-state index contributed by atoms with van der Waals surface area (Å²) in [5, 5.41) is 5.48. The largest absolute Gasteiger partial charge is 0.497 e. The van der Waals surface area contributed by atoms with Crippen molar-refractivity contribution >= 4 is 27.5 Å². The summed E-state index contributed by atoms with van der Waals surface area (Å²) in [5.41, 5.74) is 0.998. The van der Waals surface area contributed by atoms with Gasteiger partial charge < -0.3 is 20.1 Å². The van der Waals surface area contributed by atoms with Gasteiger partial charge in [0.15, 0.2) is 0 Å². The number of nitrogens with one attached hydrogen (secondary N) is 3. The van der Waals surface area contributed by atoms with Crippen LogP contribution in [0.1, 0.15) is 30.1 Å². The van der Waals surface area contributed by atoms with E-state index in [0.717, 1.165) is 0 Å². The third kappa shape index (κ3) is 7.95. The number of amides is 2. The predicted octanol–water partition coefficient (Wildman–Crippen LogP) is 2.16. The van der Waals surface area contributed by atoms with Crippen molar-refractivity contribution in [2.45, 2.75) is 30.7 Å². The van der Waals surface area contributed by atoms with E-state index in [1.807, 2.05) is 0 Å². The summed E-state index contributed by atoms with van der Waals surface area (Å²) in [6.07, 6.45) is 0.667. The average molecular weight is 464 g/mol. The fourth-order valence-electron chi connectivity index (χ4n) is 2.85. The summed E-state index contributed by atoms with van der Waals surface area (Å²) in [5.74, 6) is 0.213. The highest BCUT2D eigenvalue weighted by Crippen LogP contribution is 2.15. The van der Waals surface area contributed by atoms with Crippen molar-refractivity contribution in [2.75, 3.05) is 32.7 Å². The number of sulfonamides is 1. The van der Waals surface area contributed by atoms with Crippen molar-refractivity contribution in [3.8, 4) is 5.75 Å². The van der Waals surface area contributed by atoms with Gasteiger partial charge in [-0.1, -0.05) is 0 Å². The molecule has 0 bridgehead atoms. The van der Waals surface area contributed by atoms with Crippen LogP contribution in [0.2, 0.25) is 0 Å². The molecule has 32 heavy (non-hydrogen) atoms. The van der Waals surface area contributed by atoms with Crippen LogP contribution in [-0.2, 0) is 19.6 Å². The molecule has 0 fully saturated rings. The number of rotatable bonds is 12. The molecular weight excluding hydrogens is 434 g/mol. The summed E-state index contributed by atoms with van der Waals surface area (Å²) in [6, 6.07) is 12.3. The van der Waals surface area contributed by atoms with E-state index in [1.54, 1.807) is 38.3 Å². The SMILES string of the molecule is COCC(C)NS(=O)(=O)c1ccc(NC(=O)CCCNC(=O)c2ccc(OC)cc2)cc1. The van der Waals surface area contributed by atoms with Crippen LogP contribution in [-0.4, -0.2) is 53.6 Å². The zero-order valence-electron chi connectivity index (χ0n) is 18.4. The molecule has 10 heteroatoms. The minimum Gasteiger partial charge on any atom is -0.497 e. The molecule has 0 heterocycles. The molecular formula is C22H29N3O6S. The first kappa shape index (κ1) is 25.3. The van der Waals surface area contributed by atoms with Crippen molar-refractivity contribution in [1.29, 1.82) is 0 Å². The van der Waals surface area contributed by atoms with Gasteiger partial charge in [0, 0.05) is 37.4 Å². The second-order valence-corrected chi connectivity index (χ2v) is 8.85. The topological polar surface area (TPSA) is 123 Å². The Kier molecular flexibility index (Phi) is 9.63. The normalized spacial score (nSPS) is 12.1. The van der Waals surface area contributed by atoms with Gasteiger partial charge in [-0.25, -0.2) is 13.1 Å². The Morgan fingerprint density at radius 1 is 1.00 bits per heavy atom. The maximum Gasteiger partial charge on any atom is 0.251 e. The predicted molar refractivity (Wildman–Crippen MR) is 121 cm³/mol. The monoisotopic (exact) mass is 463 g/mol. The molecule has 2 aromatic carbocycles. The zero-order chi connectivity index (χ0) is 23.6. The van der Waals surface area contributed by atoms with Crippen LogP contribution in [0.3, 0.4) is 0 Å². The standard InChI is InChI=1S/C22H29N3O6S/c1-16(15-30-2)25-32(28,29)20-12-8-18(9-13-20)24-21(26)5-4-14-23-22(27)17-6-10-19(31-3)11-7-17/h6-13,16,25H,4-5,14-15H2,1-3H3,(H,23,27)(H,24,26). The molecule has 0 spiro atoms. The molecule has 9 nitrogen and oxygen atoms in total. The Balaban J connectivity index is 1.76. The van der Waals surface area contributed by atoms with Crippen molar-refractivity contribution < 1.29 is 27.5 Å². The van der Waals surface area contributed by atoms with Gasteiger partial charge in [-0.3, -0.25) is 9.59 Å². The summed E-state index contributed by atoms with van der Waals surface area (Å²) in [7, 11) is -0.618. The van der Waals surface area contributed by atoms with Crippen LogP contribution in [0.5, 0.6) is 5.75 Å². The number of carbonyl (C=O) groups excluding carboxylic acids is 2. The highest BCUT2D eigenvalue weighted by atomic mass is 32.2. The third-order valence-electron chi connectivity index (χ3n) is 4.44. The molecule has 2 aromatic rings. The third-order valence-corrected chi connectivity index (χ3v) is 6.05. The highest BCUT2D eigenvalue weighted by Gasteiger charge is 2.17. The molecule has 174 valence electrons. The Hall–Kier alpha value is -2.95. The van der Waals surface area contributed by atoms with E-state index in [4.69, 9.17) is 9.47 Å². The minimum absolute atomic E-state index is 0.0969. The Morgan fingerprint density at radius 2 is 1.66 bits per heavy atom. The molecule has 2 amide bonds. The van der Waals surface area contributed by atoms with Gasteiger partial charge >= 0.3 is 0 Å². The number of ether oxygens (including phenoxy) is 2. The molecule has 0 aliphatic rings. The molecule has 0 aliphatic heterocycles. The molecule has 0 saturated heterocycles. The molecule has 0 radical (unpaired) electrons. The summed E-state index contributed by atoms with van der Waals surface area (Å²) < 4.78 is 37.1. The first-order valence-corrected chi connectivity index (χ1v) is 11.6. The first-order chi connectivity index (χ1) is 15.2. The van der Waals surface area contributed by atoms with Crippen molar-refractivity contribution in [2.24, 2.45) is 0 Å². The minimum atomic E-state index is -3.67. The number of hydrogen-bond acceptors (Lipinski definition) is 6. The lowest BCUT2D eigenvalue weighted by atomic mass is 10.2. The maximum absolute atomic E-state index is 12.3. The Labute approximate surface area is 188 Å². The maximum atomic E-state index is 12.3. The van der Waals surface area contributed by atoms with Gasteiger partial charge in [-0.05, 0) is 61.9 Å². The van der Waals surface area contributed by atoms with Crippen LogP contribution < -0.4 is 20.1 Å². The molecule has 3 N–H and O–H groups in total. The average Bonchev–Trinajstić information content (AvgIpc) is 2.77. The smallest absolute Gasteiger partial charge is 0.251 e. The number of methoxy groups -OCH3 is 2. The number of anilines is 1. The summed E-state index contributed by atoms with van der Waals surface area (Å²) in [4.78, 5) is 24.3. The zero-order valence-corrected chi connectivity index (χ0v) is 19.2. The molecule has 1 unspecified atom stereocenters. The highest BCUT2D eigenvalue weighted by molar-refractivity contribution is 7.89. The van der Waals surface area contributed by atoms with Gasteiger partial charge in [0.05, 0.1) is 18.6 Å². The van der Waals surface area contributed by atoms with E-state index >= 15 is 0 Å². The second-order valence-electron chi connectivity index (χ2n) is 7.14.